The Morgan fingerprint density at radius 1 is 1.26 bits per heavy atom. The number of nitrogens with zero attached hydrogens (tertiary/aromatic N) is 2. The lowest BCUT2D eigenvalue weighted by Gasteiger charge is -2.26. The largest absolute Gasteiger partial charge is 0.497 e. The van der Waals surface area contributed by atoms with E-state index < -0.39 is 17.5 Å². The molecule has 2 heterocycles. The summed E-state index contributed by atoms with van der Waals surface area (Å²) in [7, 11) is 1.52. The summed E-state index contributed by atoms with van der Waals surface area (Å²) in [6, 6.07) is 11.4. The van der Waals surface area contributed by atoms with Gasteiger partial charge in [-0.1, -0.05) is 35.2 Å². The maximum absolute atomic E-state index is 12.9. The predicted octanol–water partition coefficient (Wildman–Crippen LogP) is 1.09. The van der Waals surface area contributed by atoms with Gasteiger partial charge in [-0.05, 0) is 35.4 Å². The van der Waals surface area contributed by atoms with E-state index in [4.69, 9.17) is 9.94 Å². The van der Waals surface area contributed by atoms with Crippen LogP contribution in [0.2, 0.25) is 0 Å². The Balaban J connectivity index is 1.65. The van der Waals surface area contributed by atoms with Gasteiger partial charge >= 0.3 is 6.03 Å². The van der Waals surface area contributed by atoms with Crippen LogP contribution < -0.4 is 15.4 Å². The Hall–Kier alpha value is -4.32. The first kappa shape index (κ1) is 20.0. The molecule has 3 N–H and O–H groups in total. The fraction of sp³-hybridized carbons (Fsp3) is 0.182. The molecule has 2 aromatic carbocycles. The first-order chi connectivity index (χ1) is 14.9. The average Bonchev–Trinajstić information content (AvgIpc) is 3.22. The molecule has 9 heteroatoms. The monoisotopic (exact) mass is 418 g/mol. The number of amides is 4. The van der Waals surface area contributed by atoms with Gasteiger partial charge in [-0.2, -0.15) is 0 Å². The van der Waals surface area contributed by atoms with Crippen LogP contribution in [-0.4, -0.2) is 53.4 Å². The van der Waals surface area contributed by atoms with Crippen molar-refractivity contribution in [3.8, 4) is 17.6 Å². The van der Waals surface area contributed by atoms with Gasteiger partial charge in [0.1, 0.15) is 5.75 Å². The quantitative estimate of drug-likeness (QED) is 0.226. The van der Waals surface area contributed by atoms with E-state index in [0.717, 1.165) is 5.56 Å². The number of rotatable bonds is 4. The van der Waals surface area contributed by atoms with E-state index in [1.54, 1.807) is 42.5 Å². The lowest BCUT2D eigenvalue weighted by molar-refractivity contribution is -0.122. The molecule has 2 aliphatic rings. The fourth-order valence-electron chi connectivity index (χ4n) is 3.55. The summed E-state index contributed by atoms with van der Waals surface area (Å²) in [4.78, 5) is 38.9. The highest BCUT2D eigenvalue weighted by molar-refractivity contribution is 6.10. The van der Waals surface area contributed by atoms with Crippen molar-refractivity contribution in [1.29, 1.82) is 0 Å². The number of carbonyl (C=O) groups excluding carboxylic acids is 3. The predicted molar refractivity (Wildman–Crippen MR) is 110 cm³/mol. The third kappa shape index (κ3) is 3.79. The minimum Gasteiger partial charge on any atom is -0.497 e. The molecule has 2 aromatic rings. The second-order valence-corrected chi connectivity index (χ2v) is 7.12. The molecule has 0 aromatic heterocycles. The molecular weight excluding hydrogens is 400 g/mol. The van der Waals surface area contributed by atoms with Crippen LogP contribution >= 0.6 is 0 Å². The van der Waals surface area contributed by atoms with Crippen molar-refractivity contribution in [1.82, 2.24) is 15.5 Å². The van der Waals surface area contributed by atoms with Gasteiger partial charge in [0.2, 0.25) is 5.54 Å². The molecule has 0 bridgehead atoms. The van der Waals surface area contributed by atoms with Crippen LogP contribution in [0.5, 0.6) is 5.75 Å². The molecule has 0 radical (unpaired) electrons. The van der Waals surface area contributed by atoms with Crippen molar-refractivity contribution in [2.24, 2.45) is 5.16 Å². The van der Waals surface area contributed by atoms with Crippen LogP contribution in [0.25, 0.3) is 0 Å². The Labute approximate surface area is 177 Å². The molecule has 4 amide bonds. The van der Waals surface area contributed by atoms with Crippen molar-refractivity contribution in [2.45, 2.75) is 12.1 Å². The summed E-state index contributed by atoms with van der Waals surface area (Å²) in [6.45, 7) is 0.165. The number of methoxy groups -OCH3 is 1. The normalized spacial score (nSPS) is 19.6. The molecule has 4 rings (SSSR count). The van der Waals surface area contributed by atoms with Crippen molar-refractivity contribution in [3.63, 3.8) is 0 Å². The van der Waals surface area contributed by atoms with Gasteiger partial charge in [-0.15, -0.1) is 0 Å². The molecule has 9 nitrogen and oxygen atoms in total. The molecule has 1 saturated heterocycles. The van der Waals surface area contributed by atoms with Gasteiger partial charge in [-0.3, -0.25) is 14.9 Å². The first-order valence-electron chi connectivity index (χ1n) is 9.34. The topological polar surface area (TPSA) is 120 Å². The maximum atomic E-state index is 12.9. The molecule has 0 saturated carbocycles. The third-order valence-electron chi connectivity index (χ3n) is 5.08. The van der Waals surface area contributed by atoms with Gasteiger partial charge in [0, 0.05) is 17.7 Å². The Kier molecular flexibility index (Phi) is 5.05. The van der Waals surface area contributed by atoms with Crippen molar-refractivity contribution in [2.75, 3.05) is 13.7 Å². The van der Waals surface area contributed by atoms with Crippen LogP contribution in [0.3, 0.4) is 0 Å². The lowest BCUT2D eigenvalue weighted by atomic mass is 9.99. The number of imide groups is 1. The molecule has 2 aliphatic heterocycles. The summed E-state index contributed by atoms with van der Waals surface area (Å²) in [5, 5.41) is 16.4. The zero-order valence-electron chi connectivity index (χ0n) is 16.5. The van der Waals surface area contributed by atoms with E-state index in [1.807, 2.05) is 0 Å². The van der Waals surface area contributed by atoms with Crippen LogP contribution in [0.1, 0.15) is 27.0 Å². The van der Waals surface area contributed by atoms with Gasteiger partial charge in [0.25, 0.3) is 11.8 Å². The molecular formula is C22H18N4O5. The SMILES string of the molecule is COc1ccc2c(c1)C(=O)N(C[C@@]1(C#Cc3cccc(C=NO)c3)NC(=O)NC1=O)C2. The van der Waals surface area contributed by atoms with E-state index in [-0.39, 0.29) is 19.0 Å². The van der Waals surface area contributed by atoms with Crippen LogP contribution in [0, 0.1) is 11.8 Å². The highest BCUT2D eigenvalue weighted by Gasteiger charge is 2.48. The second kappa shape index (κ2) is 7.84. The molecule has 0 spiro atoms. The minimum absolute atomic E-state index is 0.120. The maximum Gasteiger partial charge on any atom is 0.323 e. The van der Waals surface area contributed by atoms with E-state index in [0.29, 0.717) is 22.4 Å². The Bertz CT molecular complexity index is 1180. The minimum atomic E-state index is -1.60. The Morgan fingerprint density at radius 2 is 2.10 bits per heavy atom. The van der Waals surface area contributed by atoms with E-state index in [9.17, 15) is 14.4 Å². The number of fused-ring (bicyclic) bond motifs is 1. The van der Waals surface area contributed by atoms with Gasteiger partial charge in [0.05, 0.1) is 19.9 Å². The summed E-state index contributed by atoms with van der Waals surface area (Å²) >= 11 is 0. The van der Waals surface area contributed by atoms with Gasteiger partial charge in [0.15, 0.2) is 0 Å². The van der Waals surface area contributed by atoms with E-state index in [2.05, 4.69) is 27.6 Å². The number of nitrogens with one attached hydrogen (secondary N) is 2. The third-order valence-corrected chi connectivity index (χ3v) is 5.08. The fourth-order valence-corrected chi connectivity index (χ4v) is 3.55. The Morgan fingerprint density at radius 3 is 2.81 bits per heavy atom. The zero-order valence-corrected chi connectivity index (χ0v) is 16.5. The van der Waals surface area contributed by atoms with Crippen molar-refractivity contribution >= 4 is 24.1 Å². The van der Waals surface area contributed by atoms with Gasteiger partial charge < -0.3 is 20.2 Å². The molecule has 0 aliphatic carbocycles. The number of hydrogen-bond acceptors (Lipinski definition) is 6. The van der Waals surface area contributed by atoms with E-state index in [1.165, 1.54) is 18.2 Å². The number of ether oxygens (including phenoxy) is 1. The summed E-state index contributed by atoms with van der Waals surface area (Å²) < 4.78 is 5.18. The lowest BCUT2D eigenvalue weighted by Crippen LogP contribution is -2.54. The van der Waals surface area contributed by atoms with Crippen LogP contribution in [0.15, 0.2) is 47.6 Å². The number of oxime groups is 1. The number of hydrogen-bond donors (Lipinski definition) is 3. The van der Waals surface area contributed by atoms with Crippen molar-refractivity contribution < 1.29 is 24.3 Å². The first-order valence-corrected chi connectivity index (χ1v) is 9.34. The number of benzene rings is 2. The average molecular weight is 418 g/mol. The second-order valence-electron chi connectivity index (χ2n) is 7.12. The summed E-state index contributed by atoms with van der Waals surface area (Å²) in [5.74, 6) is 5.38. The summed E-state index contributed by atoms with van der Waals surface area (Å²) in [5.41, 5.74) is 0.853. The van der Waals surface area contributed by atoms with Crippen molar-refractivity contribution in [3.05, 3.63) is 64.7 Å². The summed E-state index contributed by atoms with van der Waals surface area (Å²) in [6.07, 6.45) is 1.25. The van der Waals surface area contributed by atoms with Crippen LogP contribution in [0.4, 0.5) is 4.79 Å². The van der Waals surface area contributed by atoms with Gasteiger partial charge in [-0.25, -0.2) is 4.79 Å². The molecule has 156 valence electrons. The molecule has 31 heavy (non-hydrogen) atoms. The highest BCUT2D eigenvalue weighted by atomic mass is 16.5. The standard InChI is InChI=1S/C22H18N4O5/c1-31-17-6-5-16-12-26(19(27)18(16)10-17)13-22(20(28)24-21(29)25-22)8-7-14-3-2-4-15(9-14)11-23-30/h2-6,9-11,30H,12-13H2,1H3,(H2,24,25,28,29)/t22-/m1/s1. The molecule has 1 fully saturated rings. The zero-order chi connectivity index (χ0) is 22.0. The van der Waals surface area contributed by atoms with E-state index >= 15 is 0 Å². The number of carbonyl (C=O) groups is 3. The number of urea groups is 1. The van der Waals surface area contributed by atoms with Crippen LogP contribution in [-0.2, 0) is 11.3 Å². The smallest absolute Gasteiger partial charge is 0.323 e. The molecule has 1 atom stereocenters. The molecule has 0 unspecified atom stereocenters. The highest BCUT2D eigenvalue weighted by Crippen LogP contribution is 2.28.